The van der Waals surface area contributed by atoms with Gasteiger partial charge in [-0.05, 0) is 54.8 Å². The van der Waals surface area contributed by atoms with Crippen LogP contribution in [0.25, 0.3) is 11.6 Å². The standard InChI is InChI=1S/C19H15ClN4O3S/c1-28-19-23-22-18(17-3-2-10-25-17)24(19)21-11-15-8-9-16(27-15)12-26-14-6-4-13(20)5-7-14/h2-11H,12H2,1H3/b21-11+. The Morgan fingerprint density at radius 2 is 2.04 bits per heavy atom. The minimum Gasteiger partial charge on any atom is -0.486 e. The normalized spacial score (nSPS) is 11.4. The molecule has 0 aliphatic carbocycles. The molecular weight excluding hydrogens is 400 g/mol. The van der Waals surface area contributed by atoms with Crippen molar-refractivity contribution in [1.82, 2.24) is 14.9 Å². The molecule has 0 bridgehead atoms. The monoisotopic (exact) mass is 414 g/mol. The fraction of sp³-hybridized carbons (Fsp3) is 0.105. The zero-order valence-corrected chi connectivity index (χ0v) is 16.4. The predicted octanol–water partition coefficient (Wildman–Crippen LogP) is 4.97. The lowest BCUT2D eigenvalue weighted by atomic mass is 10.3. The van der Waals surface area contributed by atoms with Gasteiger partial charge in [-0.2, -0.15) is 9.78 Å². The molecule has 0 spiro atoms. The highest BCUT2D eigenvalue weighted by Gasteiger charge is 2.15. The van der Waals surface area contributed by atoms with Gasteiger partial charge < -0.3 is 13.6 Å². The summed E-state index contributed by atoms with van der Waals surface area (Å²) in [5.41, 5.74) is 0. The molecule has 0 atom stereocenters. The number of hydrogen-bond acceptors (Lipinski definition) is 7. The van der Waals surface area contributed by atoms with Crippen LogP contribution in [0.3, 0.4) is 0 Å². The molecule has 0 aliphatic heterocycles. The lowest BCUT2D eigenvalue weighted by molar-refractivity contribution is 0.270. The summed E-state index contributed by atoms with van der Waals surface area (Å²) in [4.78, 5) is 0. The first-order valence-corrected chi connectivity index (χ1v) is 9.88. The van der Waals surface area contributed by atoms with Crippen molar-refractivity contribution in [3.05, 3.63) is 71.3 Å². The number of rotatable bonds is 7. The third-order valence-corrected chi connectivity index (χ3v) is 4.59. The van der Waals surface area contributed by atoms with Gasteiger partial charge in [0.2, 0.25) is 11.0 Å². The van der Waals surface area contributed by atoms with Crippen LogP contribution in [0.5, 0.6) is 5.75 Å². The van der Waals surface area contributed by atoms with Gasteiger partial charge in [0, 0.05) is 5.02 Å². The summed E-state index contributed by atoms with van der Waals surface area (Å²) in [6.07, 6.45) is 5.08. The van der Waals surface area contributed by atoms with Gasteiger partial charge >= 0.3 is 0 Å². The number of furan rings is 2. The third kappa shape index (κ3) is 4.13. The molecule has 4 rings (SSSR count). The first kappa shape index (κ1) is 18.4. The van der Waals surface area contributed by atoms with E-state index in [4.69, 9.17) is 25.2 Å². The topological polar surface area (TPSA) is 78.6 Å². The van der Waals surface area contributed by atoms with Gasteiger partial charge in [-0.3, -0.25) is 0 Å². The first-order chi connectivity index (χ1) is 13.7. The Hall–Kier alpha value is -2.97. The number of aromatic nitrogens is 3. The molecule has 0 unspecified atom stereocenters. The van der Waals surface area contributed by atoms with Gasteiger partial charge in [-0.15, -0.1) is 10.2 Å². The third-order valence-electron chi connectivity index (χ3n) is 3.71. The molecule has 4 aromatic rings. The molecular formula is C19H15ClN4O3S. The highest BCUT2D eigenvalue weighted by Crippen LogP contribution is 2.23. The Labute approximate surface area is 170 Å². The van der Waals surface area contributed by atoms with Gasteiger partial charge in [0.15, 0.2) is 5.76 Å². The quantitative estimate of drug-likeness (QED) is 0.314. The molecule has 0 aliphatic rings. The fourth-order valence-corrected chi connectivity index (χ4v) is 2.95. The Balaban J connectivity index is 1.47. The molecule has 0 saturated heterocycles. The highest BCUT2D eigenvalue weighted by molar-refractivity contribution is 7.98. The van der Waals surface area contributed by atoms with Crippen molar-refractivity contribution in [2.75, 3.05) is 6.26 Å². The van der Waals surface area contributed by atoms with Crippen molar-refractivity contribution in [1.29, 1.82) is 0 Å². The van der Waals surface area contributed by atoms with Crippen LogP contribution >= 0.6 is 23.4 Å². The van der Waals surface area contributed by atoms with Crippen molar-refractivity contribution < 1.29 is 13.6 Å². The molecule has 0 N–H and O–H groups in total. The Kier molecular flexibility index (Phi) is 5.50. The van der Waals surface area contributed by atoms with Gasteiger partial charge in [-0.25, -0.2) is 0 Å². The summed E-state index contributed by atoms with van der Waals surface area (Å²) < 4.78 is 18.4. The van der Waals surface area contributed by atoms with Gasteiger partial charge in [0.1, 0.15) is 23.9 Å². The summed E-state index contributed by atoms with van der Waals surface area (Å²) in [6.45, 7) is 0.301. The molecule has 142 valence electrons. The van der Waals surface area contributed by atoms with E-state index in [9.17, 15) is 0 Å². The minimum absolute atomic E-state index is 0.301. The van der Waals surface area contributed by atoms with E-state index in [0.717, 1.165) is 0 Å². The average Bonchev–Trinajstić information content (AvgIpc) is 3.45. The van der Waals surface area contributed by atoms with Crippen LogP contribution in [0.4, 0.5) is 0 Å². The van der Waals surface area contributed by atoms with Crippen molar-refractivity contribution in [2.24, 2.45) is 5.10 Å². The maximum Gasteiger partial charge on any atom is 0.221 e. The predicted molar refractivity (Wildman–Crippen MR) is 107 cm³/mol. The zero-order valence-electron chi connectivity index (χ0n) is 14.8. The van der Waals surface area contributed by atoms with Crippen molar-refractivity contribution in [3.8, 4) is 17.3 Å². The highest BCUT2D eigenvalue weighted by atomic mass is 35.5. The first-order valence-electron chi connectivity index (χ1n) is 8.27. The molecule has 3 heterocycles. The van der Waals surface area contributed by atoms with E-state index >= 15 is 0 Å². The van der Waals surface area contributed by atoms with E-state index in [1.54, 1.807) is 53.6 Å². The van der Waals surface area contributed by atoms with E-state index < -0.39 is 0 Å². The largest absolute Gasteiger partial charge is 0.486 e. The number of benzene rings is 1. The summed E-state index contributed by atoms with van der Waals surface area (Å²) in [5.74, 6) is 3.08. The number of hydrogen-bond donors (Lipinski definition) is 0. The Morgan fingerprint density at radius 3 is 2.79 bits per heavy atom. The second kappa shape index (κ2) is 8.37. The molecule has 28 heavy (non-hydrogen) atoms. The van der Waals surface area contributed by atoms with Crippen LogP contribution in [0.15, 0.2) is 73.9 Å². The van der Waals surface area contributed by atoms with Crippen LogP contribution in [-0.4, -0.2) is 27.3 Å². The number of nitrogens with zero attached hydrogens (tertiary/aromatic N) is 4. The summed E-state index contributed by atoms with van der Waals surface area (Å²) >= 11 is 7.30. The second-order valence-electron chi connectivity index (χ2n) is 5.59. The van der Waals surface area contributed by atoms with Crippen molar-refractivity contribution >= 4 is 29.6 Å². The lowest BCUT2D eigenvalue weighted by Crippen LogP contribution is -1.95. The van der Waals surface area contributed by atoms with Crippen LogP contribution in [0.1, 0.15) is 11.5 Å². The SMILES string of the molecule is CSc1nnc(-c2ccco2)n1/N=C/c1ccc(COc2ccc(Cl)cc2)o1. The average molecular weight is 415 g/mol. The summed E-state index contributed by atoms with van der Waals surface area (Å²) in [6, 6.07) is 14.4. The smallest absolute Gasteiger partial charge is 0.221 e. The van der Waals surface area contributed by atoms with E-state index in [1.807, 2.05) is 18.4 Å². The molecule has 7 nitrogen and oxygen atoms in total. The van der Waals surface area contributed by atoms with Crippen LogP contribution in [-0.2, 0) is 6.61 Å². The van der Waals surface area contributed by atoms with E-state index in [0.29, 0.717) is 45.6 Å². The molecule has 0 amide bonds. The Morgan fingerprint density at radius 1 is 1.18 bits per heavy atom. The van der Waals surface area contributed by atoms with Gasteiger partial charge in [-0.1, -0.05) is 23.4 Å². The van der Waals surface area contributed by atoms with Crippen molar-refractivity contribution in [3.63, 3.8) is 0 Å². The fourth-order valence-electron chi connectivity index (χ4n) is 2.40. The molecule has 0 saturated carbocycles. The molecule has 0 fully saturated rings. The van der Waals surface area contributed by atoms with Crippen molar-refractivity contribution in [2.45, 2.75) is 11.8 Å². The number of ether oxygens (including phenoxy) is 1. The maximum atomic E-state index is 5.87. The van der Waals surface area contributed by atoms with E-state index in [2.05, 4.69) is 15.3 Å². The van der Waals surface area contributed by atoms with Gasteiger partial charge in [0.25, 0.3) is 0 Å². The van der Waals surface area contributed by atoms with E-state index in [1.165, 1.54) is 11.8 Å². The minimum atomic E-state index is 0.301. The maximum absolute atomic E-state index is 5.87. The molecule has 1 aromatic carbocycles. The summed E-state index contributed by atoms with van der Waals surface area (Å²) in [7, 11) is 0. The van der Waals surface area contributed by atoms with Crippen LogP contribution in [0, 0.1) is 0 Å². The number of halogens is 1. The second-order valence-corrected chi connectivity index (χ2v) is 6.80. The number of thioether (sulfide) groups is 1. The Bertz CT molecular complexity index is 1070. The zero-order chi connectivity index (χ0) is 19.3. The van der Waals surface area contributed by atoms with E-state index in [-0.39, 0.29) is 0 Å². The summed E-state index contributed by atoms with van der Waals surface area (Å²) in [5, 5.41) is 14.0. The molecule has 9 heteroatoms. The molecule has 0 radical (unpaired) electrons. The lowest BCUT2D eigenvalue weighted by Gasteiger charge is -2.03. The van der Waals surface area contributed by atoms with Gasteiger partial charge in [0.05, 0.1) is 12.5 Å². The molecule has 3 aromatic heterocycles. The van der Waals surface area contributed by atoms with Crippen LogP contribution < -0.4 is 4.74 Å². The van der Waals surface area contributed by atoms with Crippen LogP contribution in [0.2, 0.25) is 5.02 Å².